The number of carbonyl (C=O) groups excluding carboxylic acids is 2. The summed E-state index contributed by atoms with van der Waals surface area (Å²) < 4.78 is 0.505. The summed E-state index contributed by atoms with van der Waals surface area (Å²) in [7, 11) is 0. The minimum absolute atomic E-state index is 0.0816. The molecule has 2 aromatic rings. The minimum atomic E-state index is -1.85. The van der Waals surface area contributed by atoms with Gasteiger partial charge >= 0.3 is 0 Å². The summed E-state index contributed by atoms with van der Waals surface area (Å²) in [6.07, 6.45) is -2.10. The number of likely N-dealkylation sites (tertiary alicyclic amines) is 1. The van der Waals surface area contributed by atoms with Crippen LogP contribution in [0.5, 0.6) is 0 Å². The molecule has 37 heavy (non-hydrogen) atoms. The number of thioether (sulfide) groups is 1. The lowest BCUT2D eigenvalue weighted by atomic mass is 10.0. The first-order valence-corrected chi connectivity index (χ1v) is 15.0. The summed E-state index contributed by atoms with van der Waals surface area (Å²) in [6, 6.07) is 15.3. The molecular formula is C28H38IN3O4S. The van der Waals surface area contributed by atoms with E-state index in [0.717, 1.165) is 40.8 Å². The molecule has 5 N–H and O–H groups in total. The average Bonchev–Trinajstić information content (AvgIpc) is 3.39. The van der Waals surface area contributed by atoms with E-state index in [2.05, 4.69) is 41.8 Å². The van der Waals surface area contributed by atoms with Crippen LogP contribution in [-0.2, 0) is 16.1 Å². The predicted molar refractivity (Wildman–Crippen MR) is 157 cm³/mol. The number of benzene rings is 2. The number of aliphatic hydroxyl groups excluding tert-OH is 2. The molecule has 0 aliphatic carbocycles. The van der Waals surface area contributed by atoms with Gasteiger partial charge in [0.15, 0.2) is 12.2 Å². The first-order chi connectivity index (χ1) is 17.6. The Hall–Kier alpha value is -1.66. The predicted octanol–water partition coefficient (Wildman–Crippen LogP) is 3.85. The van der Waals surface area contributed by atoms with Crippen molar-refractivity contribution < 1.29 is 19.8 Å². The molecule has 1 aliphatic heterocycles. The van der Waals surface area contributed by atoms with E-state index in [1.165, 1.54) is 0 Å². The number of aryl methyl sites for hydroxylation is 1. The Morgan fingerprint density at radius 2 is 1.86 bits per heavy atom. The van der Waals surface area contributed by atoms with E-state index in [9.17, 15) is 19.8 Å². The number of nitrogens with two attached hydrogens (primary N) is 1. The maximum atomic E-state index is 13.0. The zero-order chi connectivity index (χ0) is 27.1. The highest BCUT2D eigenvalue weighted by molar-refractivity contribution is 14.1. The third-order valence-electron chi connectivity index (χ3n) is 6.62. The molecule has 0 saturated carbocycles. The molecule has 5 atom stereocenters. The Kier molecular flexibility index (Phi) is 11.3. The molecule has 1 aliphatic rings. The number of hydrogen-bond donors (Lipinski definition) is 4. The zero-order valence-electron chi connectivity index (χ0n) is 21.6. The highest BCUT2D eigenvalue weighted by atomic mass is 127. The van der Waals surface area contributed by atoms with Crippen LogP contribution in [0.25, 0.3) is 0 Å². The van der Waals surface area contributed by atoms with Gasteiger partial charge < -0.3 is 26.2 Å². The molecule has 202 valence electrons. The second-order valence-electron chi connectivity index (χ2n) is 9.99. The number of rotatable bonds is 11. The van der Waals surface area contributed by atoms with Crippen LogP contribution in [0.4, 0.5) is 0 Å². The average molecular weight is 640 g/mol. The summed E-state index contributed by atoms with van der Waals surface area (Å²) in [5.41, 5.74) is 10.3. The van der Waals surface area contributed by atoms with Gasteiger partial charge in [-0.25, -0.2) is 0 Å². The quantitative estimate of drug-likeness (QED) is 0.220. The van der Waals surface area contributed by atoms with Crippen molar-refractivity contribution in [1.82, 2.24) is 10.2 Å². The van der Waals surface area contributed by atoms with Gasteiger partial charge in [-0.1, -0.05) is 90.5 Å². The number of carbonyl (C=O) groups is 2. The maximum absolute atomic E-state index is 13.0. The number of halogens is 1. The fourth-order valence-corrected chi connectivity index (χ4v) is 5.95. The molecule has 3 rings (SSSR count). The Morgan fingerprint density at radius 3 is 2.51 bits per heavy atom. The van der Waals surface area contributed by atoms with E-state index in [4.69, 9.17) is 5.73 Å². The third kappa shape index (κ3) is 8.16. The molecular weight excluding hydrogens is 601 g/mol. The van der Waals surface area contributed by atoms with Gasteiger partial charge in [-0.2, -0.15) is 0 Å². The third-order valence-corrected chi connectivity index (χ3v) is 10.5. The topological polar surface area (TPSA) is 116 Å². The van der Waals surface area contributed by atoms with Gasteiger partial charge in [0, 0.05) is 24.9 Å². The van der Waals surface area contributed by atoms with Gasteiger partial charge in [0.2, 0.25) is 0 Å². The lowest BCUT2D eigenvalue weighted by Crippen LogP contribution is -2.50. The van der Waals surface area contributed by atoms with E-state index in [0.29, 0.717) is 15.7 Å². The van der Waals surface area contributed by atoms with Crippen LogP contribution in [0.15, 0.2) is 48.5 Å². The highest BCUT2D eigenvalue weighted by Gasteiger charge is 2.38. The van der Waals surface area contributed by atoms with Gasteiger partial charge in [0.1, 0.15) is 0 Å². The molecule has 9 heteroatoms. The van der Waals surface area contributed by atoms with Gasteiger partial charge in [-0.3, -0.25) is 9.59 Å². The molecule has 2 amide bonds. The molecule has 0 spiro atoms. The number of alkyl halides is 1. The van der Waals surface area contributed by atoms with E-state index in [1.807, 2.05) is 67.2 Å². The van der Waals surface area contributed by atoms with Gasteiger partial charge in [-0.05, 0) is 42.4 Å². The molecule has 3 unspecified atom stereocenters. The van der Waals surface area contributed by atoms with E-state index < -0.39 is 24.0 Å². The minimum Gasteiger partial charge on any atom is -0.380 e. The highest BCUT2D eigenvalue weighted by Crippen LogP contribution is 2.33. The number of nitrogens with one attached hydrogen (secondary N) is 1. The van der Waals surface area contributed by atoms with Crippen molar-refractivity contribution >= 4 is 46.2 Å². The number of nitrogens with zero attached hydrogens (tertiary/aromatic N) is 1. The molecule has 2 aromatic carbocycles. The van der Waals surface area contributed by atoms with Crippen LogP contribution in [0.3, 0.4) is 0 Å². The smallest absolute Gasteiger partial charge is 0.255 e. The number of hydrogen-bond acceptors (Lipinski definition) is 6. The Morgan fingerprint density at radius 1 is 1.16 bits per heavy atom. The van der Waals surface area contributed by atoms with Gasteiger partial charge in [0.25, 0.3) is 11.8 Å². The van der Waals surface area contributed by atoms with Crippen LogP contribution < -0.4 is 11.1 Å². The van der Waals surface area contributed by atoms with Crippen molar-refractivity contribution in [3.05, 3.63) is 70.8 Å². The van der Waals surface area contributed by atoms with Crippen molar-refractivity contribution in [2.75, 3.05) is 12.3 Å². The van der Waals surface area contributed by atoms with Crippen LogP contribution in [-0.4, -0.2) is 54.7 Å². The molecule has 1 saturated heterocycles. The Bertz CT molecular complexity index is 1050. The molecule has 1 heterocycles. The lowest BCUT2D eigenvalue weighted by molar-refractivity contribution is -0.153. The molecule has 0 aromatic heterocycles. The Labute approximate surface area is 237 Å². The van der Waals surface area contributed by atoms with Gasteiger partial charge in [-0.15, -0.1) is 11.8 Å². The van der Waals surface area contributed by atoms with E-state index in [-0.39, 0.29) is 18.6 Å². The summed E-state index contributed by atoms with van der Waals surface area (Å²) in [5.74, 6) is -0.0140. The van der Waals surface area contributed by atoms with Crippen molar-refractivity contribution in [2.24, 2.45) is 11.7 Å². The first-order valence-electron chi connectivity index (χ1n) is 12.7. The van der Waals surface area contributed by atoms with Crippen LogP contribution in [0.2, 0.25) is 0 Å². The SMILES string of the molecule is Cc1cccc(C2CCCN2C(=O)[C@H](O)[C@@H](O)C(=O)NCc2ccc(C(N)CSC(I)C(C)C)cc2)c1. The number of aliphatic hydroxyl groups is 2. The first kappa shape index (κ1) is 29.9. The second kappa shape index (κ2) is 13.9. The number of amides is 2. The summed E-state index contributed by atoms with van der Waals surface area (Å²) in [5, 5.41) is 23.6. The van der Waals surface area contributed by atoms with Crippen molar-refractivity contribution in [1.29, 1.82) is 0 Å². The molecule has 1 fully saturated rings. The maximum Gasteiger partial charge on any atom is 0.255 e. The fourth-order valence-electron chi connectivity index (χ4n) is 4.36. The standard InChI is InChI=1S/C28H38IN3O4S/c1-17(2)26(29)37-16-22(30)20-11-9-19(10-12-20)15-31-27(35)24(33)25(34)28(36)32-13-5-8-23(32)21-7-4-6-18(3)14-21/h4,6-7,9-12,14,17,22-26,33-34H,5,8,13,15-16,30H2,1-3H3,(H,31,35)/t22?,23?,24-,25-,26?/m1/s1. The Balaban J connectivity index is 1.51. The van der Waals surface area contributed by atoms with Crippen LogP contribution >= 0.6 is 34.4 Å². The van der Waals surface area contributed by atoms with Crippen LogP contribution in [0, 0.1) is 12.8 Å². The molecule has 0 radical (unpaired) electrons. The molecule has 7 nitrogen and oxygen atoms in total. The summed E-state index contributed by atoms with van der Waals surface area (Å²) in [4.78, 5) is 27.1. The molecule has 0 bridgehead atoms. The van der Waals surface area contributed by atoms with Crippen molar-refractivity contribution in [2.45, 2.75) is 67.7 Å². The lowest BCUT2D eigenvalue weighted by Gasteiger charge is -2.28. The van der Waals surface area contributed by atoms with Crippen molar-refractivity contribution in [3.63, 3.8) is 0 Å². The van der Waals surface area contributed by atoms with Gasteiger partial charge in [0.05, 0.1) is 9.30 Å². The monoisotopic (exact) mass is 639 g/mol. The van der Waals surface area contributed by atoms with E-state index in [1.54, 1.807) is 4.90 Å². The summed E-state index contributed by atoms with van der Waals surface area (Å²) >= 11 is 4.29. The largest absolute Gasteiger partial charge is 0.380 e. The normalized spacial score (nSPS) is 18.9. The van der Waals surface area contributed by atoms with Crippen LogP contribution in [0.1, 0.15) is 61.0 Å². The fraction of sp³-hybridized carbons (Fsp3) is 0.500. The van der Waals surface area contributed by atoms with E-state index >= 15 is 0 Å². The second-order valence-corrected chi connectivity index (χ2v) is 13.3. The zero-order valence-corrected chi connectivity index (χ0v) is 24.6. The summed E-state index contributed by atoms with van der Waals surface area (Å²) in [6.45, 7) is 7.02. The van der Waals surface area contributed by atoms with Crippen molar-refractivity contribution in [3.8, 4) is 0 Å².